The lowest BCUT2D eigenvalue weighted by atomic mass is 10.1. The van der Waals surface area contributed by atoms with E-state index in [4.69, 9.17) is 5.73 Å². The minimum atomic E-state index is -0.481. The first kappa shape index (κ1) is 12.4. The molecule has 98 valence electrons. The lowest BCUT2D eigenvalue weighted by molar-refractivity contribution is 0.0994. The molecule has 0 atom stereocenters. The minimum absolute atomic E-state index is 0.359. The van der Waals surface area contributed by atoms with Crippen LogP contribution >= 0.6 is 15.9 Å². The van der Waals surface area contributed by atoms with Crippen LogP contribution < -0.4 is 11.1 Å². The molecule has 0 radical (unpaired) electrons. The van der Waals surface area contributed by atoms with E-state index < -0.39 is 5.91 Å². The van der Waals surface area contributed by atoms with Crippen LogP contribution in [-0.2, 0) is 13.0 Å². The third-order valence-corrected chi connectivity index (χ3v) is 3.91. The number of hydrogen-bond acceptors (Lipinski definition) is 3. The van der Waals surface area contributed by atoms with Gasteiger partial charge in [0.15, 0.2) is 5.69 Å². The molecule has 3 N–H and O–H groups in total. The van der Waals surface area contributed by atoms with Crippen LogP contribution in [0.4, 0.5) is 0 Å². The second-order valence-electron chi connectivity index (χ2n) is 4.43. The summed E-state index contributed by atoms with van der Waals surface area (Å²) in [6.07, 6.45) is 0.830. The number of halogens is 1. The predicted octanol–water partition coefficient (Wildman–Crippen LogP) is 1.38. The van der Waals surface area contributed by atoms with Gasteiger partial charge in [-0.05, 0) is 28.1 Å². The van der Waals surface area contributed by atoms with Crippen molar-refractivity contribution in [2.24, 2.45) is 5.73 Å². The molecule has 19 heavy (non-hydrogen) atoms. The summed E-state index contributed by atoms with van der Waals surface area (Å²) >= 11 is 3.51. The number of aromatic nitrogens is 2. The van der Waals surface area contributed by atoms with Crippen molar-refractivity contribution in [3.8, 4) is 5.69 Å². The van der Waals surface area contributed by atoms with Crippen LogP contribution in [0, 0.1) is 0 Å². The lowest BCUT2D eigenvalue weighted by Crippen LogP contribution is -2.26. The number of fused-ring (bicyclic) bond motifs is 1. The van der Waals surface area contributed by atoms with Crippen LogP contribution in [0.5, 0.6) is 0 Å². The van der Waals surface area contributed by atoms with Crippen LogP contribution in [0.25, 0.3) is 5.69 Å². The Hall–Kier alpha value is -1.66. The highest BCUT2D eigenvalue weighted by Gasteiger charge is 2.24. The van der Waals surface area contributed by atoms with Gasteiger partial charge in [-0.15, -0.1) is 0 Å². The molecule has 0 fully saturated rings. The number of nitrogens with one attached hydrogen (secondary N) is 1. The molecule has 2 aromatic rings. The SMILES string of the molecule is NC(=O)c1nn(-c2ccccc2Br)c2c1CNCC2. The van der Waals surface area contributed by atoms with Gasteiger partial charge in [0.25, 0.3) is 5.91 Å². The van der Waals surface area contributed by atoms with E-state index >= 15 is 0 Å². The minimum Gasteiger partial charge on any atom is -0.364 e. The largest absolute Gasteiger partial charge is 0.364 e. The van der Waals surface area contributed by atoms with Gasteiger partial charge >= 0.3 is 0 Å². The molecule has 6 heteroatoms. The summed E-state index contributed by atoms with van der Waals surface area (Å²) in [4.78, 5) is 11.5. The maximum Gasteiger partial charge on any atom is 0.269 e. The first-order chi connectivity index (χ1) is 9.18. The van der Waals surface area contributed by atoms with Crippen LogP contribution in [-0.4, -0.2) is 22.2 Å². The molecule has 1 aromatic heterocycles. The van der Waals surface area contributed by atoms with Gasteiger partial charge in [-0.25, -0.2) is 4.68 Å². The Balaban J connectivity index is 2.22. The van der Waals surface area contributed by atoms with Crippen molar-refractivity contribution in [1.82, 2.24) is 15.1 Å². The molecule has 0 saturated heterocycles. The predicted molar refractivity (Wildman–Crippen MR) is 75.2 cm³/mol. The number of benzene rings is 1. The van der Waals surface area contributed by atoms with Crippen LogP contribution in [0.1, 0.15) is 21.7 Å². The highest BCUT2D eigenvalue weighted by Crippen LogP contribution is 2.26. The van der Waals surface area contributed by atoms with Crippen molar-refractivity contribution in [2.75, 3.05) is 6.54 Å². The number of nitrogens with zero attached hydrogens (tertiary/aromatic N) is 2. The Labute approximate surface area is 118 Å². The Morgan fingerprint density at radius 3 is 2.95 bits per heavy atom. The second kappa shape index (κ2) is 4.79. The van der Waals surface area contributed by atoms with Crippen molar-refractivity contribution < 1.29 is 4.79 Å². The summed E-state index contributed by atoms with van der Waals surface area (Å²) in [5.41, 5.74) is 8.66. The summed E-state index contributed by atoms with van der Waals surface area (Å²) in [5, 5.41) is 7.64. The van der Waals surface area contributed by atoms with Crippen molar-refractivity contribution in [2.45, 2.75) is 13.0 Å². The third-order valence-electron chi connectivity index (χ3n) is 3.24. The molecular formula is C13H13BrN4O. The van der Waals surface area contributed by atoms with Gasteiger partial charge in [0.05, 0.1) is 11.4 Å². The van der Waals surface area contributed by atoms with Gasteiger partial charge in [-0.2, -0.15) is 5.10 Å². The van der Waals surface area contributed by atoms with Crippen LogP contribution in [0.15, 0.2) is 28.7 Å². The Kier molecular flexibility index (Phi) is 3.12. The number of rotatable bonds is 2. The summed E-state index contributed by atoms with van der Waals surface area (Å²) in [6, 6.07) is 7.80. The number of nitrogens with two attached hydrogens (primary N) is 1. The fraction of sp³-hybridized carbons (Fsp3) is 0.231. The molecule has 1 aromatic carbocycles. The van der Waals surface area contributed by atoms with Gasteiger partial charge < -0.3 is 11.1 Å². The van der Waals surface area contributed by atoms with E-state index in [1.165, 1.54) is 0 Å². The van der Waals surface area contributed by atoms with E-state index in [9.17, 15) is 4.79 Å². The second-order valence-corrected chi connectivity index (χ2v) is 5.28. The molecule has 2 heterocycles. The standard InChI is InChI=1S/C13H13BrN4O/c14-9-3-1-2-4-11(9)18-10-5-6-16-7-8(10)12(17-18)13(15)19/h1-4,16H,5-7H2,(H2,15,19). The normalized spacial score (nSPS) is 14.2. The van der Waals surface area contributed by atoms with E-state index in [0.717, 1.165) is 34.4 Å². The summed E-state index contributed by atoms with van der Waals surface area (Å²) in [7, 11) is 0. The van der Waals surface area contributed by atoms with Gasteiger partial charge in [0.1, 0.15) is 0 Å². The highest BCUT2D eigenvalue weighted by molar-refractivity contribution is 9.10. The van der Waals surface area contributed by atoms with Gasteiger partial charge in [0.2, 0.25) is 0 Å². The monoisotopic (exact) mass is 320 g/mol. The zero-order valence-electron chi connectivity index (χ0n) is 10.2. The molecule has 0 saturated carbocycles. The van der Waals surface area contributed by atoms with Crippen molar-refractivity contribution in [1.29, 1.82) is 0 Å². The molecule has 0 spiro atoms. The Morgan fingerprint density at radius 2 is 2.21 bits per heavy atom. The molecule has 1 aliphatic rings. The number of carbonyl (C=O) groups excluding carboxylic acids is 1. The van der Waals surface area contributed by atoms with Gasteiger partial charge in [0, 0.05) is 29.5 Å². The van der Waals surface area contributed by atoms with E-state index in [0.29, 0.717) is 12.2 Å². The molecule has 1 aliphatic heterocycles. The van der Waals surface area contributed by atoms with Gasteiger partial charge in [-0.1, -0.05) is 12.1 Å². The third kappa shape index (κ3) is 2.06. The molecule has 1 amide bonds. The zero-order valence-corrected chi connectivity index (χ0v) is 11.8. The van der Waals surface area contributed by atoms with E-state index in [1.54, 1.807) is 0 Å². The van der Waals surface area contributed by atoms with Crippen LogP contribution in [0.2, 0.25) is 0 Å². The molecule has 0 aliphatic carbocycles. The van der Waals surface area contributed by atoms with Crippen LogP contribution in [0.3, 0.4) is 0 Å². The first-order valence-electron chi connectivity index (χ1n) is 6.04. The van der Waals surface area contributed by atoms with E-state index in [2.05, 4.69) is 26.3 Å². The number of carbonyl (C=O) groups is 1. The van der Waals surface area contributed by atoms with E-state index in [1.807, 2.05) is 28.9 Å². The molecule has 0 unspecified atom stereocenters. The topological polar surface area (TPSA) is 72.9 Å². The highest BCUT2D eigenvalue weighted by atomic mass is 79.9. The molecule has 5 nitrogen and oxygen atoms in total. The molecule has 3 rings (SSSR count). The Bertz CT molecular complexity index is 650. The maximum absolute atomic E-state index is 11.5. The van der Waals surface area contributed by atoms with Crippen molar-refractivity contribution in [3.63, 3.8) is 0 Å². The van der Waals surface area contributed by atoms with E-state index in [-0.39, 0.29) is 0 Å². The fourth-order valence-corrected chi connectivity index (χ4v) is 2.82. The Morgan fingerprint density at radius 1 is 1.42 bits per heavy atom. The number of hydrogen-bond donors (Lipinski definition) is 2. The fourth-order valence-electron chi connectivity index (χ4n) is 2.37. The summed E-state index contributed by atoms with van der Waals surface area (Å²) in [6.45, 7) is 1.51. The average molecular weight is 321 g/mol. The molecule has 0 bridgehead atoms. The quantitative estimate of drug-likeness (QED) is 0.878. The van der Waals surface area contributed by atoms with Crippen molar-refractivity contribution >= 4 is 21.8 Å². The molecular weight excluding hydrogens is 308 g/mol. The number of amides is 1. The van der Waals surface area contributed by atoms with Crippen molar-refractivity contribution in [3.05, 3.63) is 45.7 Å². The van der Waals surface area contributed by atoms with Gasteiger partial charge in [-0.3, -0.25) is 4.79 Å². The average Bonchev–Trinajstić information content (AvgIpc) is 2.79. The number of primary amides is 1. The summed E-state index contributed by atoms with van der Waals surface area (Å²) < 4.78 is 2.76. The zero-order chi connectivity index (χ0) is 13.4. The lowest BCUT2D eigenvalue weighted by Gasteiger charge is -2.15. The summed E-state index contributed by atoms with van der Waals surface area (Å²) in [5.74, 6) is -0.481. The maximum atomic E-state index is 11.5. The number of para-hydroxylation sites is 1. The smallest absolute Gasteiger partial charge is 0.269 e. The first-order valence-corrected chi connectivity index (χ1v) is 6.84.